The molecule has 0 aromatic heterocycles. The number of rotatable bonds is 35. The van der Waals surface area contributed by atoms with Crippen molar-refractivity contribution in [3.05, 3.63) is 47.4 Å². The molecule has 3 rings (SSSR count). The number of unbranched alkanes of at least 4 members (excludes halogenated alkanes) is 2. The zero-order chi connectivity index (χ0) is 57.2. The Kier molecular flexibility index (Phi) is 27.3. The van der Waals surface area contributed by atoms with Crippen molar-refractivity contribution >= 4 is 59.2 Å². The van der Waals surface area contributed by atoms with Gasteiger partial charge < -0.3 is 98.2 Å². The van der Waals surface area contributed by atoms with E-state index in [9.17, 15) is 53.4 Å². The Morgan fingerprint density at radius 2 is 1.43 bits per heavy atom. The highest BCUT2D eigenvalue weighted by Gasteiger charge is 2.63. The molecule has 1 unspecified atom stereocenters. The smallest absolute Gasteiger partial charge is 0.352 e. The normalized spacial score (nSPS) is 19.2. The summed E-state index contributed by atoms with van der Waals surface area (Å²) in [5, 5.41) is 37.9. The summed E-state index contributed by atoms with van der Waals surface area (Å²) >= 11 is 0. The van der Waals surface area contributed by atoms with Crippen LogP contribution in [0.1, 0.15) is 95.0 Å². The van der Waals surface area contributed by atoms with Crippen LogP contribution in [0.15, 0.2) is 41.0 Å². The SMILES string of the molecule is NCCCC[C@H](NC(=O)C1(NC(=O)[C@@H]2CCCN2C(=O)[C@@H](CCCN)NC(=O)CNC(=O)[C@H](CCN)NC(=O)[C@@H](NC(=O)[C@@H](N)CCCCN)[C@@H](O)CN)C[C@H]1c1ccccc1F)C(=O)N/C(=C\CCN=C(N)N)C(=O)O. The summed E-state index contributed by atoms with van der Waals surface area (Å²) in [5.41, 5.74) is 42.7. The maximum absolute atomic E-state index is 15.4. The summed E-state index contributed by atoms with van der Waals surface area (Å²) in [6, 6.07) is -2.22. The van der Waals surface area contributed by atoms with Crippen molar-refractivity contribution in [1.82, 2.24) is 42.1 Å². The summed E-state index contributed by atoms with van der Waals surface area (Å²) < 4.78 is 15.4. The fourth-order valence-electron chi connectivity index (χ4n) is 8.70. The van der Waals surface area contributed by atoms with E-state index in [1.54, 1.807) is 6.07 Å². The Balaban J connectivity index is 1.81. The molecule has 28 nitrogen and oxygen atoms in total. The molecule has 1 heterocycles. The molecule has 1 saturated heterocycles. The van der Waals surface area contributed by atoms with Crippen LogP contribution in [-0.4, -0.2) is 175 Å². The molecule has 25 N–H and O–H groups in total. The maximum atomic E-state index is 15.4. The van der Waals surface area contributed by atoms with Crippen LogP contribution in [0.4, 0.5) is 4.39 Å². The summed E-state index contributed by atoms with van der Waals surface area (Å²) in [4.78, 5) is 127. The standard InChI is InChI=1S/C48H80FN17O11/c49-29-11-2-1-10-27(29)28-24-48(28,46(77)63-31(13-4-6-19-51)41(71)62-34(45(75)76)15-8-22-58-47(56)57)65-42(72)35-16-9-23-66(35)44(74)33(14-7-20-52)60-37(68)26-59-40(70)32(17-21-53)61-43(73)38(36(67)25-54)64-39(69)30(55)12-3-5-18-50/h1-2,10-11,15,28,30-33,35-36,38,67H,3-9,12-14,16-26,50-55H2,(H,59,70)(H,60,68)(H,61,73)(H,62,71)(H,63,77)(H,64,69)(H,65,72)(H,75,76)(H4,56,57,58)/b34-15-/t28-,30-,31-,32-,33+,35-,36-,38-,48?/m0/s1. The average molecular weight is 1090 g/mol. The number of aliphatic hydroxyl groups excluding tert-OH is 1. The maximum Gasteiger partial charge on any atom is 0.352 e. The minimum absolute atomic E-state index is 0.00330. The van der Waals surface area contributed by atoms with Crippen molar-refractivity contribution in [2.24, 2.45) is 50.9 Å². The number of amides is 8. The Bertz CT molecular complexity index is 2260. The first-order valence-corrected chi connectivity index (χ1v) is 25.8. The molecule has 1 aliphatic carbocycles. The van der Waals surface area contributed by atoms with Gasteiger partial charge >= 0.3 is 5.97 Å². The molecule has 8 amide bonds. The van der Waals surface area contributed by atoms with Gasteiger partial charge in [0.25, 0.3) is 0 Å². The van der Waals surface area contributed by atoms with E-state index in [4.69, 9.17) is 45.9 Å². The Hall–Kier alpha value is -6.89. The van der Waals surface area contributed by atoms with Gasteiger partial charge in [0.2, 0.25) is 47.3 Å². The van der Waals surface area contributed by atoms with Gasteiger partial charge in [-0.2, -0.15) is 0 Å². The van der Waals surface area contributed by atoms with Crippen LogP contribution in [0.5, 0.6) is 0 Å². The van der Waals surface area contributed by atoms with Crippen LogP contribution in [0.25, 0.3) is 0 Å². The number of aliphatic imine (C=N–C) groups is 1. The predicted molar refractivity (Wildman–Crippen MR) is 280 cm³/mol. The van der Waals surface area contributed by atoms with Crippen molar-refractivity contribution in [2.45, 2.75) is 137 Å². The number of carboxylic acids is 1. The number of nitrogens with two attached hydrogens (primary N) is 8. The molecule has 1 aliphatic heterocycles. The number of nitrogens with one attached hydrogen (secondary N) is 7. The molecule has 29 heteroatoms. The van der Waals surface area contributed by atoms with E-state index in [0.717, 1.165) is 0 Å². The molecule has 2 fully saturated rings. The van der Waals surface area contributed by atoms with Gasteiger partial charge in [-0.25, -0.2) is 9.18 Å². The Morgan fingerprint density at radius 3 is 2.05 bits per heavy atom. The van der Waals surface area contributed by atoms with Gasteiger partial charge in [-0.3, -0.25) is 43.3 Å². The second kappa shape index (κ2) is 32.6. The first-order valence-electron chi connectivity index (χ1n) is 25.8. The van der Waals surface area contributed by atoms with E-state index >= 15 is 4.39 Å². The van der Waals surface area contributed by atoms with E-state index in [0.29, 0.717) is 38.6 Å². The zero-order valence-electron chi connectivity index (χ0n) is 43.3. The molecule has 9 atom stereocenters. The minimum Gasteiger partial charge on any atom is -0.477 e. The fourth-order valence-corrected chi connectivity index (χ4v) is 8.70. The number of likely N-dealkylation sites (tertiary alicyclic amines) is 1. The Morgan fingerprint density at radius 1 is 0.779 bits per heavy atom. The highest BCUT2D eigenvalue weighted by atomic mass is 19.1. The lowest BCUT2D eigenvalue weighted by Gasteiger charge is -2.31. The van der Waals surface area contributed by atoms with E-state index < -0.39 is 132 Å². The number of aliphatic hydroxyl groups is 1. The van der Waals surface area contributed by atoms with Crippen LogP contribution >= 0.6 is 0 Å². The van der Waals surface area contributed by atoms with Gasteiger partial charge in [0.15, 0.2) is 5.96 Å². The monoisotopic (exact) mass is 1090 g/mol. The van der Waals surface area contributed by atoms with E-state index in [1.807, 2.05) is 0 Å². The number of halogens is 1. The summed E-state index contributed by atoms with van der Waals surface area (Å²) in [7, 11) is 0. The van der Waals surface area contributed by atoms with Crippen LogP contribution in [0.3, 0.4) is 0 Å². The third kappa shape index (κ3) is 19.9. The zero-order valence-corrected chi connectivity index (χ0v) is 43.3. The molecule has 0 spiro atoms. The van der Waals surface area contributed by atoms with Crippen molar-refractivity contribution < 1.29 is 57.8 Å². The van der Waals surface area contributed by atoms with Gasteiger partial charge in [-0.1, -0.05) is 30.7 Å². The lowest BCUT2D eigenvalue weighted by molar-refractivity contribution is -0.142. The van der Waals surface area contributed by atoms with Crippen molar-refractivity contribution in [3.8, 4) is 0 Å². The van der Waals surface area contributed by atoms with Gasteiger partial charge in [-0.15, -0.1) is 0 Å². The van der Waals surface area contributed by atoms with Crippen molar-refractivity contribution in [1.29, 1.82) is 0 Å². The van der Waals surface area contributed by atoms with Gasteiger partial charge in [0.1, 0.15) is 47.3 Å². The van der Waals surface area contributed by atoms with E-state index in [1.165, 1.54) is 29.2 Å². The first-order chi connectivity index (χ1) is 36.7. The lowest BCUT2D eigenvalue weighted by atomic mass is 10.0. The lowest BCUT2D eigenvalue weighted by Crippen LogP contribution is -2.61. The number of guanidine groups is 1. The number of carbonyl (C=O) groups is 9. The molecule has 77 heavy (non-hydrogen) atoms. The number of benzene rings is 1. The number of carbonyl (C=O) groups excluding carboxylic acids is 8. The fraction of sp³-hybridized carbons (Fsp3) is 0.625. The highest BCUT2D eigenvalue weighted by molar-refractivity contribution is 6.02. The van der Waals surface area contributed by atoms with Crippen molar-refractivity contribution in [3.63, 3.8) is 0 Å². The van der Waals surface area contributed by atoms with E-state index in [2.05, 4.69) is 42.2 Å². The van der Waals surface area contributed by atoms with Crippen LogP contribution in [-0.2, 0) is 43.2 Å². The summed E-state index contributed by atoms with van der Waals surface area (Å²) in [6.45, 7) is -0.473. The average Bonchev–Trinajstić information content (AvgIpc) is 3.91. The predicted octanol–water partition coefficient (Wildman–Crippen LogP) is -6.04. The van der Waals surface area contributed by atoms with Gasteiger partial charge in [0, 0.05) is 25.6 Å². The Labute approximate surface area is 445 Å². The molecule has 1 aromatic rings. The molecule has 1 aromatic carbocycles. The van der Waals surface area contributed by atoms with Crippen molar-refractivity contribution in [2.75, 3.05) is 52.4 Å². The number of hydrogen-bond donors (Lipinski definition) is 17. The largest absolute Gasteiger partial charge is 0.477 e. The van der Waals surface area contributed by atoms with Crippen LogP contribution < -0.4 is 83.1 Å². The number of hydrogen-bond acceptors (Lipinski definition) is 17. The number of carboxylic acid groups (broad SMARTS) is 1. The number of aliphatic carboxylic acids is 1. The molecule has 0 bridgehead atoms. The second-order valence-corrected chi connectivity index (χ2v) is 18.8. The minimum atomic E-state index is -1.85. The number of nitrogens with zero attached hydrogens (tertiary/aromatic N) is 2. The second-order valence-electron chi connectivity index (χ2n) is 18.8. The van der Waals surface area contributed by atoms with E-state index in [-0.39, 0.29) is 95.6 Å². The van der Waals surface area contributed by atoms with Crippen LogP contribution in [0.2, 0.25) is 0 Å². The molecular weight excluding hydrogens is 1010 g/mol. The molecule has 430 valence electrons. The van der Waals surface area contributed by atoms with Gasteiger partial charge in [0.05, 0.1) is 18.7 Å². The third-order valence-corrected chi connectivity index (χ3v) is 13.0. The van der Waals surface area contributed by atoms with Crippen LogP contribution in [0, 0.1) is 5.82 Å². The third-order valence-electron chi connectivity index (χ3n) is 13.0. The molecule has 1 saturated carbocycles. The molecule has 2 aliphatic rings. The first kappa shape index (κ1) is 64.4. The van der Waals surface area contributed by atoms with Gasteiger partial charge in [-0.05, 0) is 115 Å². The molecular formula is C48H80FN17O11. The quantitative estimate of drug-likeness (QED) is 0.0130. The topological polar surface area (TPSA) is 502 Å². The molecule has 0 radical (unpaired) electrons. The summed E-state index contributed by atoms with van der Waals surface area (Å²) in [5.74, 6) is -10.0. The highest BCUT2D eigenvalue weighted by Crippen LogP contribution is 2.52. The summed E-state index contributed by atoms with van der Waals surface area (Å²) in [6.07, 6.45) is 2.19.